The summed E-state index contributed by atoms with van der Waals surface area (Å²) in [7, 11) is -1.87. The molecule has 0 aliphatic carbocycles. The summed E-state index contributed by atoms with van der Waals surface area (Å²) >= 11 is 0. The molecular formula is C23H24N2O5S. The maximum atomic E-state index is 13.3. The van der Waals surface area contributed by atoms with E-state index in [0.717, 1.165) is 11.8 Å². The molecule has 0 saturated heterocycles. The summed E-state index contributed by atoms with van der Waals surface area (Å²) in [6.07, 6.45) is 2.49. The molecule has 0 saturated carbocycles. The Hall–Kier alpha value is -3.26. The van der Waals surface area contributed by atoms with Crippen molar-refractivity contribution in [3.63, 3.8) is 0 Å². The molecule has 0 N–H and O–H groups in total. The van der Waals surface area contributed by atoms with Crippen molar-refractivity contribution in [2.75, 3.05) is 6.26 Å². The van der Waals surface area contributed by atoms with Gasteiger partial charge in [0.05, 0.1) is 16.7 Å². The van der Waals surface area contributed by atoms with Crippen molar-refractivity contribution in [2.45, 2.75) is 32.6 Å². The van der Waals surface area contributed by atoms with Crippen LogP contribution in [0.4, 0.5) is 0 Å². The molecule has 162 valence electrons. The maximum absolute atomic E-state index is 13.3. The highest BCUT2D eigenvalue weighted by molar-refractivity contribution is 7.90. The number of carbonyl (C=O) groups excluding carboxylic acids is 2. The Morgan fingerprint density at radius 2 is 1.58 bits per heavy atom. The Labute approximate surface area is 181 Å². The van der Waals surface area contributed by atoms with E-state index in [1.807, 2.05) is 6.92 Å². The molecule has 1 aromatic heterocycles. The molecule has 7 nitrogen and oxygen atoms in total. The first-order valence-corrected chi connectivity index (χ1v) is 11.5. The number of carbonyl (C=O) groups is 2. The van der Waals surface area contributed by atoms with Gasteiger partial charge in [-0.3, -0.25) is 4.79 Å². The van der Waals surface area contributed by atoms with E-state index >= 15 is 0 Å². The quantitative estimate of drug-likeness (QED) is 0.445. The summed E-state index contributed by atoms with van der Waals surface area (Å²) in [6.45, 7) is 6.94. The van der Waals surface area contributed by atoms with E-state index in [1.54, 1.807) is 58.2 Å². The number of ketones is 1. The minimum absolute atomic E-state index is 0.0254. The van der Waals surface area contributed by atoms with Crippen molar-refractivity contribution in [2.24, 2.45) is 7.05 Å². The number of esters is 1. The van der Waals surface area contributed by atoms with E-state index < -0.39 is 21.6 Å². The number of hydrogen-bond acceptors (Lipinski definition) is 6. The van der Waals surface area contributed by atoms with Gasteiger partial charge in [-0.1, -0.05) is 17.7 Å². The molecule has 0 bridgehead atoms. The SMILES string of the molecule is Cc1ccc(C(=O)Oc2c(C(=O)c3cc(C)c(S(C)(=O)=O)c(C)c3C)cnn2C)cc1. The number of aryl methyl sites for hydroxylation is 3. The van der Waals surface area contributed by atoms with Gasteiger partial charge in [0.25, 0.3) is 0 Å². The lowest BCUT2D eigenvalue weighted by atomic mass is 9.95. The monoisotopic (exact) mass is 440 g/mol. The van der Waals surface area contributed by atoms with Gasteiger partial charge in [-0.15, -0.1) is 0 Å². The van der Waals surface area contributed by atoms with Crippen molar-refractivity contribution in [1.29, 1.82) is 0 Å². The van der Waals surface area contributed by atoms with Crippen molar-refractivity contribution in [1.82, 2.24) is 9.78 Å². The first kappa shape index (κ1) is 22.4. The molecule has 8 heteroatoms. The van der Waals surface area contributed by atoms with Crippen LogP contribution in [0.15, 0.2) is 41.4 Å². The van der Waals surface area contributed by atoms with Gasteiger partial charge < -0.3 is 4.74 Å². The molecule has 0 fully saturated rings. The molecule has 0 unspecified atom stereocenters. The molecule has 3 aromatic rings. The minimum Gasteiger partial charge on any atom is -0.403 e. The summed E-state index contributed by atoms with van der Waals surface area (Å²) in [5.41, 5.74) is 3.37. The Balaban J connectivity index is 2.03. The van der Waals surface area contributed by atoms with E-state index in [0.29, 0.717) is 27.8 Å². The molecular weight excluding hydrogens is 416 g/mol. The molecule has 1 heterocycles. The molecule has 0 spiro atoms. The summed E-state index contributed by atoms with van der Waals surface area (Å²) in [4.78, 5) is 26.1. The molecule has 31 heavy (non-hydrogen) atoms. The lowest BCUT2D eigenvalue weighted by Crippen LogP contribution is -2.15. The fourth-order valence-electron chi connectivity index (χ4n) is 3.55. The number of sulfone groups is 1. The highest BCUT2D eigenvalue weighted by Crippen LogP contribution is 2.30. The van der Waals surface area contributed by atoms with E-state index in [4.69, 9.17) is 4.74 Å². The summed E-state index contributed by atoms with van der Waals surface area (Å²) in [6, 6.07) is 8.44. The molecule has 3 rings (SSSR count). The van der Waals surface area contributed by atoms with Gasteiger partial charge in [-0.2, -0.15) is 5.10 Å². The lowest BCUT2D eigenvalue weighted by molar-refractivity contribution is 0.0718. The number of aromatic nitrogens is 2. The Bertz CT molecular complexity index is 1300. The van der Waals surface area contributed by atoms with Crippen LogP contribution in [-0.4, -0.2) is 36.2 Å². The van der Waals surface area contributed by atoms with Crippen LogP contribution in [0, 0.1) is 27.7 Å². The van der Waals surface area contributed by atoms with Crippen molar-refractivity contribution in [3.8, 4) is 5.88 Å². The lowest BCUT2D eigenvalue weighted by Gasteiger charge is -2.15. The highest BCUT2D eigenvalue weighted by atomic mass is 32.2. The zero-order valence-electron chi connectivity index (χ0n) is 18.3. The largest absolute Gasteiger partial charge is 0.403 e. The third kappa shape index (κ3) is 4.29. The second-order valence-electron chi connectivity index (χ2n) is 7.66. The predicted octanol–water partition coefficient (Wildman–Crippen LogP) is 3.51. The molecule has 0 radical (unpaired) electrons. The van der Waals surface area contributed by atoms with Crippen molar-refractivity contribution >= 4 is 21.6 Å². The van der Waals surface area contributed by atoms with Crippen molar-refractivity contribution < 1.29 is 22.7 Å². The van der Waals surface area contributed by atoms with Gasteiger partial charge in [0.1, 0.15) is 5.56 Å². The highest BCUT2D eigenvalue weighted by Gasteiger charge is 2.26. The van der Waals surface area contributed by atoms with Crippen molar-refractivity contribution in [3.05, 3.63) is 75.5 Å². The number of ether oxygens (including phenoxy) is 1. The smallest absolute Gasteiger partial charge is 0.344 e. The molecule has 0 atom stereocenters. The van der Waals surface area contributed by atoms with E-state index in [9.17, 15) is 18.0 Å². The molecule has 0 aliphatic heterocycles. The second-order valence-corrected chi connectivity index (χ2v) is 9.62. The molecule has 2 aromatic carbocycles. The Morgan fingerprint density at radius 1 is 0.968 bits per heavy atom. The Morgan fingerprint density at radius 3 is 2.16 bits per heavy atom. The first-order valence-electron chi connectivity index (χ1n) is 9.58. The van der Waals surface area contributed by atoms with Crippen LogP contribution < -0.4 is 4.74 Å². The van der Waals surface area contributed by atoms with Crippen LogP contribution in [0.5, 0.6) is 5.88 Å². The predicted molar refractivity (Wildman–Crippen MR) is 117 cm³/mol. The zero-order chi connectivity index (χ0) is 23.1. The zero-order valence-corrected chi connectivity index (χ0v) is 19.1. The second kappa shape index (κ2) is 8.11. The topological polar surface area (TPSA) is 95.3 Å². The van der Waals surface area contributed by atoms with Gasteiger partial charge >= 0.3 is 5.97 Å². The van der Waals surface area contributed by atoms with Crippen LogP contribution in [0.25, 0.3) is 0 Å². The summed E-state index contributed by atoms with van der Waals surface area (Å²) < 4.78 is 31.1. The summed E-state index contributed by atoms with van der Waals surface area (Å²) in [5.74, 6) is -0.977. The van der Waals surface area contributed by atoms with Crippen LogP contribution in [0.2, 0.25) is 0 Å². The third-order valence-corrected chi connectivity index (χ3v) is 6.62. The normalized spacial score (nSPS) is 11.4. The average Bonchev–Trinajstić information content (AvgIpc) is 3.04. The first-order chi connectivity index (χ1) is 14.4. The number of rotatable bonds is 5. The van der Waals surface area contributed by atoms with Crippen LogP contribution >= 0.6 is 0 Å². The van der Waals surface area contributed by atoms with Crippen LogP contribution in [0.3, 0.4) is 0 Å². The number of benzene rings is 2. The minimum atomic E-state index is -3.44. The van der Waals surface area contributed by atoms with E-state index in [1.165, 1.54) is 10.9 Å². The fourth-order valence-corrected chi connectivity index (χ4v) is 4.90. The van der Waals surface area contributed by atoms with E-state index in [2.05, 4.69) is 5.10 Å². The summed E-state index contributed by atoms with van der Waals surface area (Å²) in [5, 5.41) is 4.08. The number of nitrogens with zero attached hydrogens (tertiary/aromatic N) is 2. The molecule has 0 amide bonds. The number of hydrogen-bond donors (Lipinski definition) is 0. The average molecular weight is 441 g/mol. The Kier molecular flexibility index (Phi) is 5.87. The van der Waals surface area contributed by atoms with Gasteiger partial charge in [-0.05, 0) is 62.6 Å². The maximum Gasteiger partial charge on any atom is 0.344 e. The van der Waals surface area contributed by atoms with Gasteiger partial charge in [0.15, 0.2) is 15.6 Å². The third-order valence-electron chi connectivity index (χ3n) is 5.25. The van der Waals surface area contributed by atoms with Crippen LogP contribution in [0.1, 0.15) is 48.5 Å². The fraction of sp³-hybridized carbons (Fsp3) is 0.261. The van der Waals surface area contributed by atoms with Gasteiger partial charge in [0.2, 0.25) is 5.88 Å². The molecule has 0 aliphatic rings. The van der Waals surface area contributed by atoms with Gasteiger partial charge in [-0.25, -0.2) is 17.9 Å². The van der Waals surface area contributed by atoms with E-state index in [-0.39, 0.29) is 16.3 Å². The van der Waals surface area contributed by atoms with Crippen LogP contribution in [-0.2, 0) is 16.9 Å². The standard InChI is InChI=1S/C23H24N2O5S/c1-13-7-9-17(10-8-13)23(27)30-22-19(12-24-25(22)5)20(26)18-11-14(2)21(31(6,28)29)16(4)15(18)3/h7-12H,1-6H3. The van der Waals surface area contributed by atoms with Gasteiger partial charge in [0, 0.05) is 18.9 Å².